The number of nitrogens with two attached hydrogens (primary N) is 2. The monoisotopic (exact) mass is 167 g/mol. The lowest BCUT2D eigenvalue weighted by Gasteiger charge is -2.12. The van der Waals surface area contributed by atoms with Gasteiger partial charge in [0.25, 0.3) is 0 Å². The molecule has 1 aromatic rings. The third-order valence-electron chi connectivity index (χ3n) is 1.77. The van der Waals surface area contributed by atoms with Crippen LogP contribution in [0.4, 0.5) is 0 Å². The molecule has 0 aliphatic heterocycles. The molecule has 4 heteroatoms. The second-order valence-electron chi connectivity index (χ2n) is 2.57. The van der Waals surface area contributed by atoms with E-state index in [0.29, 0.717) is 6.54 Å². The van der Waals surface area contributed by atoms with E-state index < -0.39 is 0 Å². The molecule has 5 N–H and O–H groups in total. The molecule has 12 heavy (non-hydrogen) atoms. The van der Waals surface area contributed by atoms with Gasteiger partial charge in [-0.05, 0) is 11.6 Å². The molecule has 0 unspecified atom stereocenters. The maximum atomic E-state index is 8.93. The Morgan fingerprint density at radius 3 is 2.92 bits per heavy atom. The van der Waals surface area contributed by atoms with E-state index in [1.165, 1.54) is 0 Å². The van der Waals surface area contributed by atoms with Crippen LogP contribution >= 0.6 is 0 Å². The van der Waals surface area contributed by atoms with Crippen LogP contribution in [-0.2, 0) is 6.61 Å². The van der Waals surface area contributed by atoms with Crippen LogP contribution in [0.2, 0.25) is 0 Å². The smallest absolute Gasteiger partial charge is 0.0700 e. The highest BCUT2D eigenvalue weighted by molar-refractivity contribution is 5.25. The summed E-state index contributed by atoms with van der Waals surface area (Å²) in [5.41, 5.74) is 12.7. The normalized spacial score (nSPS) is 12.9. The number of hydrogen-bond donors (Lipinski definition) is 3. The Balaban J connectivity index is 2.96. The number of aromatic nitrogens is 1. The molecule has 0 radical (unpaired) electrons. The van der Waals surface area contributed by atoms with Crippen LogP contribution in [0.3, 0.4) is 0 Å². The molecule has 66 valence electrons. The summed E-state index contributed by atoms with van der Waals surface area (Å²) in [6.07, 6.45) is 3.24. The van der Waals surface area contributed by atoms with E-state index in [9.17, 15) is 0 Å². The highest BCUT2D eigenvalue weighted by Gasteiger charge is 2.07. The Morgan fingerprint density at radius 1 is 1.58 bits per heavy atom. The number of aliphatic hydroxyl groups is 1. The first kappa shape index (κ1) is 9.12. The van der Waals surface area contributed by atoms with Crippen LogP contribution in [0.5, 0.6) is 0 Å². The van der Waals surface area contributed by atoms with Crippen molar-refractivity contribution in [2.45, 2.75) is 12.6 Å². The van der Waals surface area contributed by atoms with E-state index in [0.717, 1.165) is 11.1 Å². The molecule has 0 aliphatic rings. The van der Waals surface area contributed by atoms with Gasteiger partial charge < -0.3 is 16.6 Å². The standard InChI is InChI=1S/C8H13N3O/c9-3-8(10)7-1-2-11-4-6(7)5-12/h1-2,4,8,12H,3,5,9-10H2/t8-/m1/s1. The number of pyridine rings is 1. The van der Waals surface area contributed by atoms with E-state index >= 15 is 0 Å². The fourth-order valence-electron chi connectivity index (χ4n) is 1.06. The van der Waals surface area contributed by atoms with Gasteiger partial charge in [0.15, 0.2) is 0 Å². The Morgan fingerprint density at radius 2 is 2.33 bits per heavy atom. The van der Waals surface area contributed by atoms with E-state index in [-0.39, 0.29) is 12.6 Å². The third kappa shape index (κ3) is 1.79. The first-order valence-corrected chi connectivity index (χ1v) is 3.79. The molecule has 0 amide bonds. The minimum atomic E-state index is -0.213. The average molecular weight is 167 g/mol. The van der Waals surface area contributed by atoms with Crippen molar-refractivity contribution in [2.24, 2.45) is 11.5 Å². The fourth-order valence-corrected chi connectivity index (χ4v) is 1.06. The molecule has 1 heterocycles. The molecule has 1 rings (SSSR count). The molecule has 0 fully saturated rings. The molecule has 0 aromatic carbocycles. The molecule has 0 aliphatic carbocycles. The van der Waals surface area contributed by atoms with Gasteiger partial charge in [0.2, 0.25) is 0 Å². The lowest BCUT2D eigenvalue weighted by Crippen LogP contribution is -2.22. The molecule has 0 saturated carbocycles. The average Bonchev–Trinajstić information content (AvgIpc) is 2.16. The summed E-state index contributed by atoms with van der Waals surface area (Å²) in [6, 6.07) is 1.57. The van der Waals surface area contributed by atoms with Gasteiger partial charge in [-0.3, -0.25) is 4.98 Å². The van der Waals surface area contributed by atoms with Crippen molar-refractivity contribution in [2.75, 3.05) is 6.54 Å². The summed E-state index contributed by atoms with van der Waals surface area (Å²) in [6.45, 7) is 0.327. The van der Waals surface area contributed by atoms with Gasteiger partial charge in [0.1, 0.15) is 0 Å². The molecule has 0 saturated heterocycles. The summed E-state index contributed by atoms with van der Waals surface area (Å²) in [5, 5.41) is 8.93. The Labute approximate surface area is 71.2 Å². The van der Waals surface area contributed by atoms with Crippen LogP contribution in [0.25, 0.3) is 0 Å². The van der Waals surface area contributed by atoms with Gasteiger partial charge in [-0.25, -0.2) is 0 Å². The zero-order chi connectivity index (χ0) is 8.97. The molecular weight excluding hydrogens is 154 g/mol. The maximum absolute atomic E-state index is 8.93. The Bertz CT molecular complexity index is 252. The topological polar surface area (TPSA) is 85.2 Å². The van der Waals surface area contributed by atoms with Crippen LogP contribution in [-0.4, -0.2) is 16.6 Å². The zero-order valence-corrected chi connectivity index (χ0v) is 6.77. The summed E-state index contributed by atoms with van der Waals surface area (Å²) in [5.74, 6) is 0. The molecule has 4 nitrogen and oxygen atoms in total. The summed E-state index contributed by atoms with van der Waals surface area (Å²) < 4.78 is 0. The number of hydrogen-bond acceptors (Lipinski definition) is 4. The first-order valence-electron chi connectivity index (χ1n) is 3.79. The van der Waals surface area contributed by atoms with E-state index in [1.54, 1.807) is 18.5 Å². The van der Waals surface area contributed by atoms with Gasteiger partial charge in [0, 0.05) is 30.5 Å². The number of rotatable bonds is 3. The molecule has 1 aromatic heterocycles. The minimum absolute atomic E-state index is 0.0448. The van der Waals surface area contributed by atoms with Crippen LogP contribution in [0.1, 0.15) is 17.2 Å². The van der Waals surface area contributed by atoms with Crippen molar-refractivity contribution < 1.29 is 5.11 Å². The second-order valence-corrected chi connectivity index (χ2v) is 2.57. The van der Waals surface area contributed by atoms with Crippen molar-refractivity contribution in [3.05, 3.63) is 29.6 Å². The SMILES string of the molecule is NC[C@@H](N)c1ccncc1CO. The van der Waals surface area contributed by atoms with E-state index in [2.05, 4.69) is 4.98 Å². The van der Waals surface area contributed by atoms with Gasteiger partial charge in [-0.2, -0.15) is 0 Å². The predicted molar refractivity (Wildman–Crippen MR) is 46.1 cm³/mol. The summed E-state index contributed by atoms with van der Waals surface area (Å²) in [4.78, 5) is 3.88. The Kier molecular flexibility index (Phi) is 3.16. The number of aliphatic hydroxyl groups excluding tert-OH is 1. The lowest BCUT2D eigenvalue weighted by atomic mass is 10.0. The lowest BCUT2D eigenvalue weighted by molar-refractivity contribution is 0.279. The fraction of sp³-hybridized carbons (Fsp3) is 0.375. The van der Waals surface area contributed by atoms with E-state index in [4.69, 9.17) is 16.6 Å². The largest absolute Gasteiger partial charge is 0.392 e. The first-order chi connectivity index (χ1) is 5.79. The Hall–Kier alpha value is -0.970. The van der Waals surface area contributed by atoms with Crippen molar-refractivity contribution >= 4 is 0 Å². The minimum Gasteiger partial charge on any atom is -0.392 e. The third-order valence-corrected chi connectivity index (χ3v) is 1.77. The second kappa shape index (κ2) is 4.15. The highest BCUT2D eigenvalue weighted by atomic mass is 16.3. The molecule has 0 spiro atoms. The van der Waals surface area contributed by atoms with Crippen LogP contribution in [0.15, 0.2) is 18.5 Å². The van der Waals surface area contributed by atoms with E-state index in [1.807, 2.05) is 0 Å². The molecule has 0 bridgehead atoms. The molecular formula is C8H13N3O. The van der Waals surface area contributed by atoms with Gasteiger partial charge in [-0.15, -0.1) is 0 Å². The van der Waals surface area contributed by atoms with Gasteiger partial charge >= 0.3 is 0 Å². The molecule has 1 atom stereocenters. The van der Waals surface area contributed by atoms with Gasteiger partial charge in [-0.1, -0.05) is 0 Å². The zero-order valence-electron chi connectivity index (χ0n) is 6.77. The van der Waals surface area contributed by atoms with Crippen molar-refractivity contribution in [1.29, 1.82) is 0 Å². The van der Waals surface area contributed by atoms with Crippen LogP contribution in [0, 0.1) is 0 Å². The predicted octanol–water partition coefficient (Wildman–Crippen LogP) is -0.468. The van der Waals surface area contributed by atoms with Crippen molar-refractivity contribution in [1.82, 2.24) is 4.98 Å². The summed E-state index contributed by atoms with van der Waals surface area (Å²) in [7, 11) is 0. The van der Waals surface area contributed by atoms with Crippen molar-refractivity contribution in [3.63, 3.8) is 0 Å². The highest BCUT2D eigenvalue weighted by Crippen LogP contribution is 2.13. The van der Waals surface area contributed by atoms with Gasteiger partial charge in [0.05, 0.1) is 6.61 Å². The quantitative estimate of drug-likeness (QED) is 0.568. The van der Waals surface area contributed by atoms with Crippen molar-refractivity contribution in [3.8, 4) is 0 Å². The maximum Gasteiger partial charge on any atom is 0.0700 e. The number of nitrogens with zero attached hydrogens (tertiary/aromatic N) is 1. The van der Waals surface area contributed by atoms with Crippen LogP contribution < -0.4 is 11.5 Å². The summed E-state index contributed by atoms with van der Waals surface area (Å²) >= 11 is 0.